The minimum Gasteiger partial charge on any atom is -0.478 e. The number of nitrogens with zero attached hydrogens (tertiary/aromatic N) is 1. The van der Waals surface area contributed by atoms with Gasteiger partial charge in [-0.2, -0.15) is 0 Å². The molecular weight excluding hydrogens is 222 g/mol. The van der Waals surface area contributed by atoms with Crippen LogP contribution in [0.3, 0.4) is 0 Å². The minimum absolute atomic E-state index is 0.0894. The summed E-state index contributed by atoms with van der Waals surface area (Å²) in [7, 11) is 0. The summed E-state index contributed by atoms with van der Waals surface area (Å²) in [5.41, 5.74) is -0.133. The number of nitro benzene ring substituents is 1. The fourth-order valence-corrected chi connectivity index (χ4v) is 1.24. The molecule has 0 atom stereocenters. The Kier molecular flexibility index (Phi) is 3.41. The van der Waals surface area contributed by atoms with E-state index >= 15 is 0 Å². The second kappa shape index (κ2) is 4.56. The van der Waals surface area contributed by atoms with Crippen molar-refractivity contribution >= 4 is 29.3 Å². The van der Waals surface area contributed by atoms with Gasteiger partial charge in [0.05, 0.1) is 15.5 Å². The second-order valence-electron chi connectivity index (χ2n) is 2.60. The van der Waals surface area contributed by atoms with Gasteiger partial charge in [0.25, 0.3) is 5.69 Å². The molecule has 1 aromatic rings. The number of hydrogen-bond donors (Lipinski definition) is 1. The Morgan fingerprint density at radius 3 is 2.73 bits per heavy atom. The van der Waals surface area contributed by atoms with E-state index < -0.39 is 10.9 Å². The summed E-state index contributed by atoms with van der Waals surface area (Å²) in [6.07, 6.45) is 1.90. The first-order valence-corrected chi connectivity index (χ1v) is 4.24. The summed E-state index contributed by atoms with van der Waals surface area (Å²) in [5.74, 6) is -1.19. The molecule has 0 unspecified atom stereocenters. The summed E-state index contributed by atoms with van der Waals surface area (Å²) < 4.78 is 0. The molecule has 0 fully saturated rings. The van der Waals surface area contributed by atoms with Crippen molar-refractivity contribution in [2.45, 2.75) is 0 Å². The SMILES string of the molecule is O=C(O)C=Cc1c(Cl)cccc1[N+](=O)[O-]. The molecule has 0 aliphatic carbocycles. The zero-order chi connectivity index (χ0) is 11.4. The molecule has 0 aliphatic heterocycles. The van der Waals surface area contributed by atoms with Gasteiger partial charge in [-0.1, -0.05) is 17.7 Å². The minimum atomic E-state index is -1.19. The largest absolute Gasteiger partial charge is 0.478 e. The molecule has 1 N–H and O–H groups in total. The van der Waals surface area contributed by atoms with Gasteiger partial charge in [-0.25, -0.2) is 4.79 Å². The van der Waals surface area contributed by atoms with E-state index in [2.05, 4.69) is 0 Å². The number of rotatable bonds is 3. The molecule has 0 amide bonds. The zero-order valence-electron chi connectivity index (χ0n) is 7.38. The number of nitro groups is 1. The Hall–Kier alpha value is -1.88. The molecular formula is C9H6ClNO4. The molecule has 0 heterocycles. The molecule has 5 nitrogen and oxygen atoms in total. The van der Waals surface area contributed by atoms with Gasteiger partial charge < -0.3 is 5.11 Å². The van der Waals surface area contributed by atoms with E-state index in [9.17, 15) is 14.9 Å². The lowest BCUT2D eigenvalue weighted by atomic mass is 10.1. The molecule has 1 aromatic carbocycles. The fourth-order valence-electron chi connectivity index (χ4n) is 1.00. The highest BCUT2D eigenvalue weighted by molar-refractivity contribution is 6.32. The summed E-state index contributed by atoms with van der Waals surface area (Å²) in [5, 5.41) is 19.1. The van der Waals surface area contributed by atoms with Gasteiger partial charge >= 0.3 is 5.97 Å². The number of aliphatic carboxylic acids is 1. The number of carboxylic acids is 1. The fraction of sp³-hybridized carbons (Fsp3) is 0. The standard InChI is InChI=1S/C9H6ClNO4/c10-7-2-1-3-8(11(14)15)6(7)4-5-9(12)13/h1-5H,(H,12,13). The van der Waals surface area contributed by atoms with Gasteiger partial charge in [-0.3, -0.25) is 10.1 Å². The molecule has 0 bridgehead atoms. The third-order valence-corrected chi connectivity index (χ3v) is 1.95. The first-order chi connectivity index (χ1) is 7.02. The van der Waals surface area contributed by atoms with Crippen LogP contribution in [-0.4, -0.2) is 16.0 Å². The highest BCUT2D eigenvalue weighted by Gasteiger charge is 2.13. The Labute approximate surface area is 89.7 Å². The number of halogens is 1. The molecule has 78 valence electrons. The van der Waals surface area contributed by atoms with Crippen molar-refractivity contribution in [3.8, 4) is 0 Å². The van der Waals surface area contributed by atoms with Crippen molar-refractivity contribution in [1.29, 1.82) is 0 Å². The van der Waals surface area contributed by atoms with Gasteiger partial charge in [0.15, 0.2) is 0 Å². The summed E-state index contributed by atoms with van der Waals surface area (Å²) >= 11 is 5.71. The number of carboxylic acid groups (broad SMARTS) is 1. The van der Waals surface area contributed by atoms with Gasteiger partial charge in [0.1, 0.15) is 0 Å². The first-order valence-electron chi connectivity index (χ1n) is 3.86. The van der Waals surface area contributed by atoms with E-state index in [0.29, 0.717) is 0 Å². The van der Waals surface area contributed by atoms with Gasteiger partial charge in [-0.15, -0.1) is 0 Å². The third kappa shape index (κ3) is 2.78. The van der Waals surface area contributed by atoms with E-state index in [-0.39, 0.29) is 16.3 Å². The van der Waals surface area contributed by atoms with Gasteiger partial charge in [0.2, 0.25) is 0 Å². The van der Waals surface area contributed by atoms with Crippen LogP contribution in [-0.2, 0) is 4.79 Å². The van der Waals surface area contributed by atoms with Crippen LogP contribution in [0.1, 0.15) is 5.56 Å². The maximum atomic E-state index is 10.6. The number of hydrogen-bond acceptors (Lipinski definition) is 3. The topological polar surface area (TPSA) is 80.4 Å². The van der Waals surface area contributed by atoms with Crippen molar-refractivity contribution in [3.05, 3.63) is 45.0 Å². The van der Waals surface area contributed by atoms with E-state index in [0.717, 1.165) is 12.2 Å². The average Bonchev–Trinajstić information content (AvgIpc) is 2.15. The highest BCUT2D eigenvalue weighted by atomic mass is 35.5. The van der Waals surface area contributed by atoms with Crippen LogP contribution in [0.25, 0.3) is 6.08 Å². The molecule has 1 rings (SSSR count). The third-order valence-electron chi connectivity index (χ3n) is 1.62. The van der Waals surface area contributed by atoms with E-state index in [1.165, 1.54) is 18.2 Å². The second-order valence-corrected chi connectivity index (χ2v) is 3.01. The molecule has 0 aliphatic rings. The summed E-state index contributed by atoms with van der Waals surface area (Å²) in [4.78, 5) is 20.2. The summed E-state index contributed by atoms with van der Waals surface area (Å²) in [6.45, 7) is 0. The van der Waals surface area contributed by atoms with Crippen molar-refractivity contribution in [2.24, 2.45) is 0 Å². The van der Waals surface area contributed by atoms with Crippen LogP contribution in [0.2, 0.25) is 5.02 Å². The van der Waals surface area contributed by atoms with Crippen LogP contribution < -0.4 is 0 Å². The van der Waals surface area contributed by atoms with Crippen molar-refractivity contribution in [2.75, 3.05) is 0 Å². The summed E-state index contributed by atoms with van der Waals surface area (Å²) in [6, 6.07) is 4.14. The Balaban J connectivity index is 3.25. The first kappa shape index (κ1) is 11.2. The number of carbonyl (C=O) groups is 1. The Morgan fingerprint density at radius 2 is 2.20 bits per heavy atom. The lowest BCUT2D eigenvalue weighted by molar-refractivity contribution is -0.385. The predicted molar refractivity (Wildman–Crippen MR) is 54.8 cm³/mol. The lowest BCUT2D eigenvalue weighted by Gasteiger charge is -1.98. The molecule has 0 aromatic heterocycles. The van der Waals surface area contributed by atoms with Gasteiger partial charge in [-0.05, 0) is 12.1 Å². The molecule has 0 radical (unpaired) electrons. The molecule has 0 saturated carbocycles. The predicted octanol–water partition coefficient (Wildman–Crippen LogP) is 2.35. The van der Waals surface area contributed by atoms with Crippen LogP contribution in [0.5, 0.6) is 0 Å². The Morgan fingerprint density at radius 1 is 1.53 bits per heavy atom. The van der Waals surface area contributed by atoms with Crippen molar-refractivity contribution in [1.82, 2.24) is 0 Å². The molecule has 6 heteroatoms. The van der Waals surface area contributed by atoms with Crippen LogP contribution in [0.15, 0.2) is 24.3 Å². The molecule has 0 saturated heterocycles. The smallest absolute Gasteiger partial charge is 0.328 e. The van der Waals surface area contributed by atoms with Crippen LogP contribution >= 0.6 is 11.6 Å². The average molecular weight is 228 g/mol. The lowest BCUT2D eigenvalue weighted by Crippen LogP contribution is -1.93. The Bertz CT molecular complexity index is 442. The van der Waals surface area contributed by atoms with Crippen molar-refractivity contribution < 1.29 is 14.8 Å². The normalized spacial score (nSPS) is 10.5. The van der Waals surface area contributed by atoms with E-state index in [1.807, 2.05) is 0 Å². The molecule has 0 spiro atoms. The molecule has 15 heavy (non-hydrogen) atoms. The maximum Gasteiger partial charge on any atom is 0.328 e. The quantitative estimate of drug-likeness (QED) is 0.488. The van der Waals surface area contributed by atoms with Gasteiger partial charge in [0, 0.05) is 12.1 Å². The van der Waals surface area contributed by atoms with E-state index in [1.54, 1.807) is 0 Å². The van der Waals surface area contributed by atoms with E-state index in [4.69, 9.17) is 16.7 Å². The van der Waals surface area contributed by atoms with Crippen LogP contribution in [0, 0.1) is 10.1 Å². The maximum absolute atomic E-state index is 10.6. The zero-order valence-corrected chi connectivity index (χ0v) is 8.14. The van der Waals surface area contributed by atoms with Crippen molar-refractivity contribution in [3.63, 3.8) is 0 Å². The number of benzene rings is 1. The highest BCUT2D eigenvalue weighted by Crippen LogP contribution is 2.27. The van der Waals surface area contributed by atoms with Crippen LogP contribution in [0.4, 0.5) is 5.69 Å². The monoisotopic (exact) mass is 227 g/mol.